The van der Waals surface area contributed by atoms with E-state index in [4.69, 9.17) is 4.84 Å². The summed E-state index contributed by atoms with van der Waals surface area (Å²) in [6.07, 6.45) is -0.937. The lowest BCUT2D eigenvalue weighted by Crippen LogP contribution is -2.37. The van der Waals surface area contributed by atoms with Crippen molar-refractivity contribution in [2.24, 2.45) is 5.92 Å². The third kappa shape index (κ3) is 3.57. The Kier molecular flexibility index (Phi) is 5.36. The molecule has 0 aliphatic carbocycles. The highest BCUT2D eigenvalue weighted by atomic mass is 32.1. The van der Waals surface area contributed by atoms with Gasteiger partial charge in [0.2, 0.25) is 5.91 Å². The first kappa shape index (κ1) is 22.1. The van der Waals surface area contributed by atoms with Crippen LogP contribution >= 0.6 is 11.3 Å². The molecule has 36 heavy (non-hydrogen) atoms. The van der Waals surface area contributed by atoms with Crippen molar-refractivity contribution in [2.75, 3.05) is 9.96 Å². The van der Waals surface area contributed by atoms with Gasteiger partial charge in [-0.2, -0.15) is 0 Å². The molecule has 1 aromatic heterocycles. The zero-order chi connectivity index (χ0) is 24.8. The lowest BCUT2D eigenvalue weighted by Gasteiger charge is -2.27. The van der Waals surface area contributed by atoms with Crippen LogP contribution in [0.25, 0.3) is 10.4 Å². The van der Waals surface area contributed by atoms with Crippen molar-refractivity contribution in [3.05, 3.63) is 112 Å². The average Bonchev–Trinajstić information content (AvgIpc) is 3.60. The Balaban J connectivity index is 1.40. The number of fused-ring (bicyclic) bond motifs is 1. The quantitative estimate of drug-likeness (QED) is 0.209. The van der Waals surface area contributed by atoms with Gasteiger partial charge < -0.3 is 0 Å². The first-order chi connectivity index (χ1) is 17.5. The van der Waals surface area contributed by atoms with Gasteiger partial charge in [-0.3, -0.25) is 24.5 Å². The highest BCUT2D eigenvalue weighted by Gasteiger charge is 2.60. The fraction of sp³-hybridized carbons (Fsp3) is 0.111. The molecule has 3 aromatic carbocycles. The van der Waals surface area contributed by atoms with Crippen LogP contribution in [0.15, 0.2) is 97.1 Å². The molecule has 2 fully saturated rings. The summed E-state index contributed by atoms with van der Waals surface area (Å²) in [6.45, 7) is 0. The second-order valence-corrected chi connectivity index (χ2v) is 9.63. The molecule has 0 radical (unpaired) electrons. The SMILES string of the molecule is O=C1[C@@H]2[C@@H](c3ccc(-c4ccc([N+](=O)[O-])cc4)s3)N(c3ccccc3)O[C@H]2C(=O)N1c1ccccc1. The molecule has 0 spiro atoms. The van der Waals surface area contributed by atoms with Crippen molar-refractivity contribution in [3.8, 4) is 10.4 Å². The summed E-state index contributed by atoms with van der Waals surface area (Å²) in [4.78, 5) is 46.8. The third-order valence-electron chi connectivity index (χ3n) is 6.42. The van der Waals surface area contributed by atoms with Gasteiger partial charge in [0.1, 0.15) is 12.0 Å². The molecule has 0 bridgehead atoms. The third-order valence-corrected chi connectivity index (χ3v) is 7.63. The largest absolute Gasteiger partial charge is 0.273 e. The van der Waals surface area contributed by atoms with E-state index in [1.807, 2.05) is 48.5 Å². The van der Waals surface area contributed by atoms with Crippen LogP contribution in [0.5, 0.6) is 0 Å². The van der Waals surface area contributed by atoms with Gasteiger partial charge in [-0.15, -0.1) is 11.3 Å². The molecule has 2 amide bonds. The predicted molar refractivity (Wildman–Crippen MR) is 135 cm³/mol. The lowest BCUT2D eigenvalue weighted by atomic mass is 9.95. The molecule has 0 N–H and O–H groups in total. The molecular formula is C27H19N3O5S. The number of anilines is 2. The first-order valence-electron chi connectivity index (χ1n) is 11.3. The van der Waals surface area contributed by atoms with Crippen molar-refractivity contribution in [2.45, 2.75) is 12.1 Å². The van der Waals surface area contributed by atoms with Crippen LogP contribution in [0.1, 0.15) is 10.9 Å². The normalized spacial score (nSPS) is 21.2. The molecule has 6 rings (SSSR count). The van der Waals surface area contributed by atoms with Crippen LogP contribution < -0.4 is 9.96 Å². The van der Waals surface area contributed by atoms with Crippen molar-refractivity contribution in [1.82, 2.24) is 0 Å². The number of nitrogens with zero attached hydrogens (tertiary/aromatic N) is 3. The van der Waals surface area contributed by atoms with Crippen LogP contribution in [0, 0.1) is 16.0 Å². The molecule has 0 saturated carbocycles. The van der Waals surface area contributed by atoms with E-state index in [1.165, 1.54) is 28.4 Å². The van der Waals surface area contributed by atoms with Gasteiger partial charge >= 0.3 is 0 Å². The maximum absolute atomic E-state index is 13.7. The fourth-order valence-corrected chi connectivity index (χ4v) is 5.89. The Labute approximate surface area is 210 Å². The molecule has 9 heteroatoms. The highest BCUT2D eigenvalue weighted by molar-refractivity contribution is 7.15. The Morgan fingerprint density at radius 3 is 2.06 bits per heavy atom. The van der Waals surface area contributed by atoms with Crippen LogP contribution in [-0.4, -0.2) is 22.8 Å². The van der Waals surface area contributed by atoms with E-state index < -0.39 is 23.0 Å². The minimum absolute atomic E-state index is 0.0221. The molecular weight excluding hydrogens is 478 g/mol. The lowest BCUT2D eigenvalue weighted by molar-refractivity contribution is -0.384. The van der Waals surface area contributed by atoms with Crippen LogP contribution in [0.4, 0.5) is 17.1 Å². The minimum atomic E-state index is -0.937. The van der Waals surface area contributed by atoms with Gasteiger partial charge in [-0.05, 0) is 54.1 Å². The van der Waals surface area contributed by atoms with Crippen LogP contribution in [0.3, 0.4) is 0 Å². The second kappa shape index (κ2) is 8.71. The summed E-state index contributed by atoms with van der Waals surface area (Å²) in [6, 6.07) is 28.0. The summed E-state index contributed by atoms with van der Waals surface area (Å²) in [5, 5.41) is 12.7. The van der Waals surface area contributed by atoms with Gasteiger partial charge in [0.05, 0.1) is 16.3 Å². The molecule has 178 valence electrons. The van der Waals surface area contributed by atoms with E-state index in [1.54, 1.807) is 41.5 Å². The summed E-state index contributed by atoms with van der Waals surface area (Å²) < 4.78 is 0. The standard InChI is InChI=1S/C27H19N3O5S/c31-26-23-24(22-16-15-21(36-22)17-11-13-20(14-12-17)30(33)34)29(19-9-5-2-6-10-19)35-25(23)27(32)28(26)18-7-3-1-4-8-18/h1-16,23-25H/t23-,24-,25-/m1/s1. The monoisotopic (exact) mass is 497 g/mol. The zero-order valence-corrected chi connectivity index (χ0v) is 19.6. The van der Waals surface area contributed by atoms with E-state index >= 15 is 0 Å². The van der Waals surface area contributed by atoms with Gasteiger partial charge in [-0.25, -0.2) is 9.96 Å². The number of nitro benzene ring substituents is 1. The maximum Gasteiger partial charge on any atom is 0.269 e. The molecule has 3 atom stereocenters. The number of hydrogen-bond donors (Lipinski definition) is 0. The number of benzene rings is 3. The molecule has 3 heterocycles. The van der Waals surface area contributed by atoms with E-state index in [-0.39, 0.29) is 17.5 Å². The minimum Gasteiger partial charge on any atom is -0.273 e. The van der Waals surface area contributed by atoms with Gasteiger partial charge in [0.25, 0.3) is 11.6 Å². The number of nitro groups is 1. The molecule has 0 unspecified atom stereocenters. The number of hydroxylamine groups is 1. The summed E-state index contributed by atoms with van der Waals surface area (Å²) in [5.74, 6) is -1.40. The number of para-hydroxylation sites is 2. The zero-order valence-electron chi connectivity index (χ0n) is 18.8. The topological polar surface area (TPSA) is 93.0 Å². The van der Waals surface area contributed by atoms with Crippen LogP contribution in [0.2, 0.25) is 0 Å². The van der Waals surface area contributed by atoms with Crippen LogP contribution in [-0.2, 0) is 14.4 Å². The summed E-state index contributed by atoms with van der Waals surface area (Å²) in [7, 11) is 0. The van der Waals surface area contributed by atoms with Crippen molar-refractivity contribution < 1.29 is 19.3 Å². The summed E-state index contributed by atoms with van der Waals surface area (Å²) >= 11 is 1.47. The van der Waals surface area contributed by atoms with Gasteiger partial charge in [0, 0.05) is 21.9 Å². The van der Waals surface area contributed by atoms with Gasteiger partial charge in [-0.1, -0.05) is 36.4 Å². The number of hydrogen-bond acceptors (Lipinski definition) is 7. The van der Waals surface area contributed by atoms with E-state index in [9.17, 15) is 19.7 Å². The van der Waals surface area contributed by atoms with Gasteiger partial charge in [0.15, 0.2) is 6.10 Å². The summed E-state index contributed by atoms with van der Waals surface area (Å²) in [5.41, 5.74) is 2.12. The number of thiophene rings is 1. The highest BCUT2D eigenvalue weighted by Crippen LogP contribution is 2.49. The Morgan fingerprint density at radius 2 is 1.42 bits per heavy atom. The van der Waals surface area contributed by atoms with Crippen molar-refractivity contribution in [1.29, 1.82) is 0 Å². The van der Waals surface area contributed by atoms with E-state index in [0.29, 0.717) is 5.69 Å². The van der Waals surface area contributed by atoms with E-state index in [0.717, 1.165) is 21.0 Å². The molecule has 2 aliphatic rings. The Morgan fingerprint density at radius 1 is 0.778 bits per heavy atom. The van der Waals surface area contributed by atoms with Crippen molar-refractivity contribution >= 4 is 40.2 Å². The molecule has 2 saturated heterocycles. The second-order valence-electron chi connectivity index (χ2n) is 8.51. The Hall–Kier alpha value is -4.34. The number of rotatable bonds is 5. The maximum atomic E-state index is 13.7. The number of amides is 2. The predicted octanol–water partition coefficient (Wildman–Crippen LogP) is 5.37. The first-order valence-corrected chi connectivity index (χ1v) is 12.1. The van der Waals surface area contributed by atoms with Crippen molar-refractivity contribution in [3.63, 3.8) is 0 Å². The Bertz CT molecular complexity index is 1460. The number of carbonyl (C=O) groups excluding carboxylic acids is 2. The number of imide groups is 1. The molecule has 4 aromatic rings. The number of non-ortho nitro benzene ring substituents is 1. The molecule has 2 aliphatic heterocycles. The molecule has 8 nitrogen and oxygen atoms in total. The number of carbonyl (C=O) groups is 2. The van der Waals surface area contributed by atoms with E-state index in [2.05, 4.69) is 0 Å². The average molecular weight is 498 g/mol. The smallest absolute Gasteiger partial charge is 0.269 e. The fourth-order valence-electron chi connectivity index (χ4n) is 4.75.